The van der Waals surface area contributed by atoms with Crippen molar-refractivity contribution in [3.05, 3.63) is 60.4 Å². The molecule has 2 heterocycles. The molecule has 1 aromatic carbocycles. The summed E-state index contributed by atoms with van der Waals surface area (Å²) in [5.74, 6) is 0. The quantitative estimate of drug-likeness (QED) is 0.849. The average molecular weight is 367 g/mol. The molecule has 0 bridgehead atoms. The Hall–Kier alpha value is -2.60. The second-order valence-corrected chi connectivity index (χ2v) is 7.17. The molecule has 1 saturated heterocycles. The number of carbonyl (C=O) groups is 1. The Morgan fingerprint density at radius 2 is 1.74 bits per heavy atom. The van der Waals surface area contributed by atoms with Gasteiger partial charge < -0.3 is 20.0 Å². The molecule has 1 aliphatic rings. The molecule has 0 aliphatic carbocycles. The molecule has 0 saturated carbocycles. The lowest BCUT2D eigenvalue weighted by Crippen LogP contribution is -2.53. The van der Waals surface area contributed by atoms with Gasteiger partial charge in [-0.25, -0.2) is 4.79 Å². The Balaban J connectivity index is 1.47. The number of nitrogens with zero attached hydrogens (tertiary/aromatic N) is 4. The van der Waals surface area contributed by atoms with E-state index < -0.39 is 0 Å². The molecule has 6 heteroatoms. The smallest absolute Gasteiger partial charge is 0.317 e. The number of hydrogen-bond acceptors (Lipinski definition) is 4. The largest absolute Gasteiger partial charge is 0.368 e. The number of likely N-dealkylation sites (N-methyl/N-ethyl adjacent to an activating group) is 1. The highest BCUT2D eigenvalue weighted by Gasteiger charge is 2.22. The molecule has 144 valence electrons. The SMILES string of the molecule is CN(C)C(CNC(=O)N1CCN(c2ccncc2)CC1)Cc1ccccc1. The molecule has 2 amide bonds. The lowest BCUT2D eigenvalue weighted by molar-refractivity contribution is 0.188. The van der Waals surface area contributed by atoms with Gasteiger partial charge >= 0.3 is 6.03 Å². The highest BCUT2D eigenvalue weighted by atomic mass is 16.2. The summed E-state index contributed by atoms with van der Waals surface area (Å²) in [7, 11) is 4.13. The van der Waals surface area contributed by atoms with Gasteiger partial charge in [-0.3, -0.25) is 4.98 Å². The summed E-state index contributed by atoms with van der Waals surface area (Å²) in [4.78, 5) is 23.0. The molecule has 1 aromatic heterocycles. The fourth-order valence-corrected chi connectivity index (χ4v) is 3.36. The number of benzene rings is 1. The average Bonchev–Trinajstić information content (AvgIpc) is 2.72. The van der Waals surface area contributed by atoms with Gasteiger partial charge in [0.15, 0.2) is 0 Å². The van der Waals surface area contributed by atoms with E-state index in [1.165, 1.54) is 11.3 Å². The van der Waals surface area contributed by atoms with Crippen LogP contribution in [-0.4, -0.2) is 73.7 Å². The zero-order valence-electron chi connectivity index (χ0n) is 16.2. The number of anilines is 1. The van der Waals surface area contributed by atoms with Gasteiger partial charge in [-0.15, -0.1) is 0 Å². The van der Waals surface area contributed by atoms with E-state index in [1.54, 1.807) is 0 Å². The molecule has 0 spiro atoms. The van der Waals surface area contributed by atoms with Gasteiger partial charge in [0, 0.05) is 56.8 Å². The Labute approximate surface area is 161 Å². The van der Waals surface area contributed by atoms with E-state index >= 15 is 0 Å². The fourth-order valence-electron chi connectivity index (χ4n) is 3.36. The van der Waals surface area contributed by atoms with Crippen molar-refractivity contribution in [1.29, 1.82) is 0 Å². The molecular formula is C21H29N5O. The van der Waals surface area contributed by atoms with Crippen LogP contribution in [0.15, 0.2) is 54.9 Å². The Kier molecular flexibility index (Phi) is 6.65. The summed E-state index contributed by atoms with van der Waals surface area (Å²) < 4.78 is 0. The Bertz CT molecular complexity index is 699. The van der Waals surface area contributed by atoms with Gasteiger partial charge in [-0.2, -0.15) is 0 Å². The van der Waals surface area contributed by atoms with Crippen LogP contribution in [0.4, 0.5) is 10.5 Å². The number of amides is 2. The number of pyridine rings is 1. The first kappa shape index (κ1) is 19.2. The summed E-state index contributed by atoms with van der Waals surface area (Å²) in [5, 5.41) is 3.13. The molecule has 2 aromatic rings. The minimum atomic E-state index is 0.0318. The van der Waals surface area contributed by atoms with E-state index in [-0.39, 0.29) is 12.1 Å². The van der Waals surface area contributed by atoms with Crippen LogP contribution in [0.5, 0.6) is 0 Å². The predicted molar refractivity (Wildman–Crippen MR) is 109 cm³/mol. The molecule has 3 rings (SSSR count). The van der Waals surface area contributed by atoms with Crippen LogP contribution in [0.3, 0.4) is 0 Å². The number of hydrogen-bond donors (Lipinski definition) is 1. The van der Waals surface area contributed by atoms with Crippen LogP contribution in [0.25, 0.3) is 0 Å². The summed E-state index contributed by atoms with van der Waals surface area (Å²) in [6.07, 6.45) is 4.54. The lowest BCUT2D eigenvalue weighted by Gasteiger charge is -2.36. The third kappa shape index (κ3) is 5.44. The second kappa shape index (κ2) is 9.37. The monoisotopic (exact) mass is 367 g/mol. The van der Waals surface area contributed by atoms with Crippen molar-refractivity contribution in [2.45, 2.75) is 12.5 Å². The molecule has 1 N–H and O–H groups in total. The van der Waals surface area contributed by atoms with Crippen LogP contribution in [0, 0.1) is 0 Å². The van der Waals surface area contributed by atoms with Crippen LogP contribution in [0.1, 0.15) is 5.56 Å². The van der Waals surface area contributed by atoms with E-state index in [0.29, 0.717) is 6.54 Å². The van der Waals surface area contributed by atoms with Crippen molar-refractivity contribution < 1.29 is 4.79 Å². The van der Waals surface area contributed by atoms with Gasteiger partial charge in [0.2, 0.25) is 0 Å². The fraction of sp³-hybridized carbons (Fsp3) is 0.429. The second-order valence-electron chi connectivity index (χ2n) is 7.17. The molecule has 27 heavy (non-hydrogen) atoms. The zero-order chi connectivity index (χ0) is 19.1. The number of nitrogens with one attached hydrogen (secondary N) is 1. The van der Waals surface area contributed by atoms with E-state index in [4.69, 9.17) is 0 Å². The predicted octanol–water partition coefficient (Wildman–Crippen LogP) is 2.09. The van der Waals surface area contributed by atoms with Crippen LogP contribution < -0.4 is 10.2 Å². The topological polar surface area (TPSA) is 51.7 Å². The molecule has 1 atom stereocenters. The molecule has 1 unspecified atom stereocenters. The first-order valence-corrected chi connectivity index (χ1v) is 9.51. The number of urea groups is 1. The summed E-state index contributed by atoms with van der Waals surface area (Å²) >= 11 is 0. The lowest BCUT2D eigenvalue weighted by atomic mass is 10.1. The number of carbonyl (C=O) groups excluding carboxylic acids is 1. The molecule has 1 fully saturated rings. The minimum absolute atomic E-state index is 0.0318. The van der Waals surface area contributed by atoms with Crippen molar-refractivity contribution >= 4 is 11.7 Å². The zero-order valence-corrected chi connectivity index (χ0v) is 16.2. The van der Waals surface area contributed by atoms with Crippen molar-refractivity contribution in [2.24, 2.45) is 0 Å². The van der Waals surface area contributed by atoms with E-state index in [9.17, 15) is 4.79 Å². The van der Waals surface area contributed by atoms with Gasteiger partial charge in [0.25, 0.3) is 0 Å². The Morgan fingerprint density at radius 3 is 2.37 bits per heavy atom. The molecule has 0 radical (unpaired) electrons. The van der Waals surface area contributed by atoms with Gasteiger partial charge in [0.05, 0.1) is 0 Å². The summed E-state index contributed by atoms with van der Waals surface area (Å²) in [5.41, 5.74) is 2.46. The third-order valence-electron chi connectivity index (χ3n) is 5.13. The number of piperazine rings is 1. The van der Waals surface area contributed by atoms with Crippen molar-refractivity contribution in [3.8, 4) is 0 Å². The van der Waals surface area contributed by atoms with Crippen molar-refractivity contribution in [1.82, 2.24) is 20.1 Å². The van der Waals surface area contributed by atoms with Gasteiger partial charge in [0.1, 0.15) is 0 Å². The van der Waals surface area contributed by atoms with Crippen LogP contribution in [-0.2, 0) is 6.42 Å². The highest BCUT2D eigenvalue weighted by molar-refractivity contribution is 5.74. The highest BCUT2D eigenvalue weighted by Crippen LogP contribution is 2.14. The number of rotatable bonds is 6. The van der Waals surface area contributed by atoms with E-state index in [2.05, 4.69) is 58.5 Å². The standard InChI is InChI=1S/C21H29N5O/c1-24(2)20(16-18-6-4-3-5-7-18)17-23-21(27)26-14-12-25(13-15-26)19-8-10-22-11-9-19/h3-11,20H,12-17H2,1-2H3,(H,23,27). The maximum atomic E-state index is 12.6. The summed E-state index contributed by atoms with van der Waals surface area (Å²) in [6, 6.07) is 14.8. The van der Waals surface area contributed by atoms with E-state index in [1.807, 2.05) is 35.5 Å². The van der Waals surface area contributed by atoms with Crippen LogP contribution in [0.2, 0.25) is 0 Å². The first-order valence-electron chi connectivity index (χ1n) is 9.51. The van der Waals surface area contributed by atoms with Gasteiger partial charge in [-0.05, 0) is 38.2 Å². The molecule has 1 aliphatic heterocycles. The first-order chi connectivity index (χ1) is 13.1. The number of aromatic nitrogens is 1. The molecule has 6 nitrogen and oxygen atoms in total. The summed E-state index contributed by atoms with van der Waals surface area (Å²) in [6.45, 7) is 3.81. The van der Waals surface area contributed by atoms with Crippen molar-refractivity contribution in [3.63, 3.8) is 0 Å². The van der Waals surface area contributed by atoms with E-state index in [0.717, 1.165) is 32.6 Å². The maximum Gasteiger partial charge on any atom is 0.317 e. The third-order valence-corrected chi connectivity index (χ3v) is 5.13. The Morgan fingerprint density at radius 1 is 1.07 bits per heavy atom. The van der Waals surface area contributed by atoms with Crippen LogP contribution >= 0.6 is 0 Å². The van der Waals surface area contributed by atoms with Crippen molar-refractivity contribution in [2.75, 3.05) is 51.7 Å². The maximum absolute atomic E-state index is 12.6. The minimum Gasteiger partial charge on any atom is -0.368 e. The molecular weight excluding hydrogens is 338 g/mol. The normalized spacial score (nSPS) is 15.7. The van der Waals surface area contributed by atoms with Gasteiger partial charge in [-0.1, -0.05) is 30.3 Å².